The molecular weight excluding hydrogens is 159 g/mol. The summed E-state index contributed by atoms with van der Waals surface area (Å²) in [4.78, 5) is 0. The molecule has 0 atom stereocenters. The van der Waals surface area contributed by atoms with Gasteiger partial charge in [-0.15, -0.1) is 6.10 Å². The Bertz CT molecular complexity index is 153. The quantitative estimate of drug-likeness (QED) is 0.396. The summed E-state index contributed by atoms with van der Waals surface area (Å²) >= 11 is 0. The molecule has 0 unspecified atom stereocenters. The molecule has 0 aromatic carbocycles. The van der Waals surface area contributed by atoms with Gasteiger partial charge in [0.05, 0.1) is 0 Å². The van der Waals surface area contributed by atoms with Crippen molar-refractivity contribution in [2.24, 2.45) is 23.7 Å². The maximum Gasteiger partial charge on any atom is 1.00 e. The second kappa shape index (κ2) is 3.27. The molecule has 4 saturated carbocycles. The standard InChI is InChI=1S/C10H15O.Na/c11-10-8-2-6-1-7(4-8)5-9(10)3-6;/h6-10H,1-5H2;/q-1;+1. The molecule has 0 radical (unpaired) electrons. The monoisotopic (exact) mass is 174 g/mol. The molecule has 4 aliphatic rings. The average Bonchev–Trinajstić information content (AvgIpc) is 1.98. The zero-order valence-corrected chi connectivity index (χ0v) is 9.83. The molecule has 62 valence electrons. The smallest absolute Gasteiger partial charge is 0.852 e. The third-order valence-corrected chi connectivity index (χ3v) is 4.14. The van der Waals surface area contributed by atoms with Crippen LogP contribution in [-0.2, 0) is 0 Å². The maximum atomic E-state index is 11.7. The summed E-state index contributed by atoms with van der Waals surface area (Å²) in [6, 6.07) is 0. The summed E-state index contributed by atoms with van der Waals surface area (Å²) in [5, 5.41) is 11.7. The molecule has 0 heterocycles. The van der Waals surface area contributed by atoms with Crippen molar-refractivity contribution in [1.82, 2.24) is 0 Å². The van der Waals surface area contributed by atoms with Crippen molar-refractivity contribution in [3.8, 4) is 0 Å². The Labute approximate surface area is 96.2 Å². The fourth-order valence-electron chi connectivity index (χ4n) is 3.88. The molecule has 0 amide bonds. The molecule has 4 rings (SSSR count). The van der Waals surface area contributed by atoms with E-state index in [1.165, 1.54) is 32.1 Å². The summed E-state index contributed by atoms with van der Waals surface area (Å²) in [6.07, 6.45) is 6.41. The molecule has 0 aliphatic heterocycles. The number of hydrogen-bond donors (Lipinski definition) is 0. The van der Waals surface area contributed by atoms with Gasteiger partial charge in [-0.2, -0.15) is 0 Å². The third kappa shape index (κ3) is 1.30. The van der Waals surface area contributed by atoms with Gasteiger partial charge >= 0.3 is 29.6 Å². The van der Waals surface area contributed by atoms with E-state index >= 15 is 0 Å². The van der Waals surface area contributed by atoms with E-state index < -0.39 is 0 Å². The van der Waals surface area contributed by atoms with Gasteiger partial charge in [0.15, 0.2) is 0 Å². The Balaban J connectivity index is 0.000000563. The first-order valence-corrected chi connectivity index (χ1v) is 4.98. The first-order chi connectivity index (χ1) is 5.33. The summed E-state index contributed by atoms with van der Waals surface area (Å²) in [5.74, 6) is 3.10. The van der Waals surface area contributed by atoms with Crippen LogP contribution in [0.5, 0.6) is 0 Å². The van der Waals surface area contributed by atoms with Crippen LogP contribution in [0.25, 0.3) is 0 Å². The van der Waals surface area contributed by atoms with Crippen LogP contribution in [-0.4, -0.2) is 6.10 Å². The van der Waals surface area contributed by atoms with Gasteiger partial charge in [-0.3, -0.25) is 0 Å². The zero-order valence-electron chi connectivity index (χ0n) is 7.83. The van der Waals surface area contributed by atoms with E-state index in [0.29, 0.717) is 11.8 Å². The molecule has 0 aromatic heterocycles. The summed E-state index contributed by atoms with van der Waals surface area (Å²) in [5.41, 5.74) is 0. The van der Waals surface area contributed by atoms with Crippen molar-refractivity contribution in [2.45, 2.75) is 38.2 Å². The van der Waals surface area contributed by atoms with Crippen LogP contribution in [0.4, 0.5) is 0 Å². The average molecular weight is 174 g/mol. The Kier molecular flexibility index (Phi) is 2.59. The van der Waals surface area contributed by atoms with E-state index in [1.54, 1.807) is 0 Å². The van der Waals surface area contributed by atoms with Crippen LogP contribution in [0.15, 0.2) is 0 Å². The molecule has 12 heavy (non-hydrogen) atoms. The maximum absolute atomic E-state index is 11.7. The molecule has 0 spiro atoms. The first kappa shape index (κ1) is 9.51. The Morgan fingerprint density at radius 2 is 1.17 bits per heavy atom. The van der Waals surface area contributed by atoms with Crippen LogP contribution in [0.1, 0.15) is 32.1 Å². The van der Waals surface area contributed by atoms with Crippen LogP contribution in [0.3, 0.4) is 0 Å². The minimum atomic E-state index is -0.164. The second-order valence-electron chi connectivity index (χ2n) is 4.90. The van der Waals surface area contributed by atoms with Crippen LogP contribution in [0.2, 0.25) is 0 Å². The molecule has 4 aliphatic carbocycles. The van der Waals surface area contributed by atoms with Gasteiger partial charge in [-0.05, 0) is 43.9 Å². The van der Waals surface area contributed by atoms with Gasteiger partial charge < -0.3 is 5.11 Å². The molecule has 1 nitrogen and oxygen atoms in total. The van der Waals surface area contributed by atoms with Gasteiger partial charge in [-0.1, -0.05) is 11.8 Å². The molecule has 2 heteroatoms. The predicted molar refractivity (Wildman–Crippen MR) is 40.8 cm³/mol. The number of hydrogen-bond acceptors (Lipinski definition) is 1. The fourth-order valence-corrected chi connectivity index (χ4v) is 3.88. The predicted octanol–water partition coefficient (Wildman–Crippen LogP) is -1.82. The molecule has 0 N–H and O–H groups in total. The van der Waals surface area contributed by atoms with Crippen molar-refractivity contribution in [1.29, 1.82) is 0 Å². The van der Waals surface area contributed by atoms with Gasteiger partial charge in [0.2, 0.25) is 0 Å². The van der Waals surface area contributed by atoms with Crippen molar-refractivity contribution in [3.05, 3.63) is 0 Å². The normalized spacial score (nSPS) is 55.2. The SMILES string of the molecule is [Na+].[O-]C1C2CC3CC(C2)CC1C3. The molecule has 4 fully saturated rings. The Morgan fingerprint density at radius 3 is 1.58 bits per heavy atom. The van der Waals surface area contributed by atoms with E-state index in [-0.39, 0.29) is 35.7 Å². The topological polar surface area (TPSA) is 23.1 Å². The molecular formula is C10H15NaO. The van der Waals surface area contributed by atoms with Crippen LogP contribution >= 0.6 is 0 Å². The fraction of sp³-hybridized carbons (Fsp3) is 1.00. The van der Waals surface area contributed by atoms with Crippen molar-refractivity contribution in [3.63, 3.8) is 0 Å². The minimum Gasteiger partial charge on any atom is -0.852 e. The van der Waals surface area contributed by atoms with Gasteiger partial charge in [0.1, 0.15) is 0 Å². The van der Waals surface area contributed by atoms with Gasteiger partial charge in [-0.25, -0.2) is 0 Å². The minimum absolute atomic E-state index is 0. The Morgan fingerprint density at radius 1 is 0.750 bits per heavy atom. The van der Waals surface area contributed by atoms with E-state index in [0.717, 1.165) is 11.8 Å². The second-order valence-corrected chi connectivity index (χ2v) is 4.90. The third-order valence-electron chi connectivity index (χ3n) is 4.14. The number of rotatable bonds is 0. The summed E-state index contributed by atoms with van der Waals surface area (Å²) < 4.78 is 0. The molecule has 0 aromatic rings. The van der Waals surface area contributed by atoms with Gasteiger partial charge in [0, 0.05) is 0 Å². The Hall–Kier alpha value is 0.960. The van der Waals surface area contributed by atoms with E-state index in [9.17, 15) is 5.11 Å². The van der Waals surface area contributed by atoms with E-state index in [2.05, 4.69) is 0 Å². The largest absolute Gasteiger partial charge is 1.00 e. The summed E-state index contributed by atoms with van der Waals surface area (Å²) in [6.45, 7) is 0. The van der Waals surface area contributed by atoms with Crippen molar-refractivity contribution in [2.75, 3.05) is 0 Å². The van der Waals surface area contributed by atoms with Crippen molar-refractivity contribution >= 4 is 0 Å². The van der Waals surface area contributed by atoms with E-state index in [4.69, 9.17) is 0 Å². The molecule has 0 saturated heterocycles. The zero-order chi connectivity index (χ0) is 7.42. The van der Waals surface area contributed by atoms with Gasteiger partial charge in [0.25, 0.3) is 0 Å². The van der Waals surface area contributed by atoms with Crippen molar-refractivity contribution < 1.29 is 34.7 Å². The molecule has 4 bridgehead atoms. The van der Waals surface area contributed by atoms with Crippen LogP contribution in [0, 0.1) is 23.7 Å². The summed E-state index contributed by atoms with van der Waals surface area (Å²) in [7, 11) is 0. The first-order valence-electron chi connectivity index (χ1n) is 4.98. The van der Waals surface area contributed by atoms with Crippen LogP contribution < -0.4 is 34.7 Å². The van der Waals surface area contributed by atoms with E-state index in [1.807, 2.05) is 0 Å².